The molecule has 0 saturated carbocycles. The Hall–Kier alpha value is -0.610. The Morgan fingerprint density at radius 1 is 1.77 bits per heavy atom. The Kier molecular flexibility index (Phi) is 3.69. The maximum absolute atomic E-state index is 10.9. The third-order valence-electron chi connectivity index (χ3n) is 1.49. The Morgan fingerprint density at radius 2 is 2.46 bits per heavy atom. The van der Waals surface area contributed by atoms with Crippen molar-refractivity contribution in [2.75, 3.05) is 7.11 Å². The molecule has 1 rings (SSSR count). The van der Waals surface area contributed by atoms with E-state index in [0.717, 1.165) is 0 Å². The van der Waals surface area contributed by atoms with Gasteiger partial charge < -0.3 is 4.74 Å². The second-order valence-corrected chi connectivity index (χ2v) is 3.46. The van der Waals surface area contributed by atoms with Crippen molar-refractivity contribution < 1.29 is 9.53 Å². The lowest BCUT2D eigenvalue weighted by Crippen LogP contribution is -2.05. The van der Waals surface area contributed by atoms with Crippen molar-refractivity contribution in [2.45, 2.75) is 6.42 Å². The maximum atomic E-state index is 10.9. The fourth-order valence-corrected chi connectivity index (χ4v) is 1.37. The minimum atomic E-state index is -0.319. The van der Waals surface area contributed by atoms with Gasteiger partial charge in [-0.25, -0.2) is 4.98 Å². The van der Waals surface area contributed by atoms with Crippen LogP contribution >= 0.6 is 27.5 Å². The number of ether oxygens (including phenoxy) is 1. The van der Waals surface area contributed by atoms with Gasteiger partial charge in [-0.05, 0) is 27.6 Å². The van der Waals surface area contributed by atoms with Crippen LogP contribution in [0, 0.1) is 0 Å². The zero-order valence-electron chi connectivity index (χ0n) is 6.88. The number of hydrogen-bond acceptors (Lipinski definition) is 3. The molecule has 3 nitrogen and oxygen atoms in total. The molecule has 0 spiro atoms. The van der Waals surface area contributed by atoms with Gasteiger partial charge in [-0.3, -0.25) is 4.79 Å². The number of rotatable bonds is 2. The summed E-state index contributed by atoms with van der Waals surface area (Å²) in [5.41, 5.74) is 0.704. The number of aromatic nitrogens is 1. The number of hydrogen-bond donors (Lipinski definition) is 0. The minimum absolute atomic E-state index is 0.163. The number of nitrogens with zero attached hydrogens (tertiary/aromatic N) is 1. The smallest absolute Gasteiger partial charge is 0.310 e. The van der Waals surface area contributed by atoms with Crippen molar-refractivity contribution in [1.82, 2.24) is 4.98 Å². The maximum Gasteiger partial charge on any atom is 0.310 e. The molecular formula is C8H7BrClNO2. The zero-order chi connectivity index (χ0) is 9.84. The molecule has 0 N–H and O–H groups in total. The third kappa shape index (κ3) is 2.67. The monoisotopic (exact) mass is 263 g/mol. The normalized spacial score (nSPS) is 9.77. The molecular weight excluding hydrogens is 257 g/mol. The van der Waals surface area contributed by atoms with E-state index in [0.29, 0.717) is 15.2 Å². The first-order chi connectivity index (χ1) is 6.15. The number of esters is 1. The molecule has 5 heteroatoms. The molecule has 1 aromatic rings. The fraction of sp³-hybridized carbons (Fsp3) is 0.250. The fourth-order valence-electron chi connectivity index (χ4n) is 0.819. The van der Waals surface area contributed by atoms with Gasteiger partial charge >= 0.3 is 5.97 Å². The van der Waals surface area contributed by atoms with Gasteiger partial charge in [0.2, 0.25) is 0 Å². The van der Waals surface area contributed by atoms with Crippen molar-refractivity contribution in [3.8, 4) is 0 Å². The van der Waals surface area contributed by atoms with Crippen LogP contribution in [0.4, 0.5) is 0 Å². The second-order valence-electron chi connectivity index (χ2n) is 2.33. The molecule has 0 unspecified atom stereocenters. The van der Waals surface area contributed by atoms with Gasteiger partial charge in [0, 0.05) is 6.20 Å². The topological polar surface area (TPSA) is 39.2 Å². The highest BCUT2D eigenvalue weighted by Gasteiger charge is 2.09. The SMILES string of the molecule is COC(=O)Cc1ccnc(Br)c1Cl. The van der Waals surface area contributed by atoms with Gasteiger partial charge in [0.25, 0.3) is 0 Å². The Bertz CT molecular complexity index is 330. The Balaban J connectivity index is 2.89. The Morgan fingerprint density at radius 3 is 3.08 bits per heavy atom. The van der Waals surface area contributed by atoms with E-state index in [1.807, 2.05) is 0 Å². The van der Waals surface area contributed by atoms with Crippen LogP contribution in [-0.2, 0) is 16.0 Å². The van der Waals surface area contributed by atoms with Crippen LogP contribution in [0.3, 0.4) is 0 Å². The van der Waals surface area contributed by atoms with Gasteiger partial charge in [-0.2, -0.15) is 0 Å². The Labute approximate surface area is 89.2 Å². The first kappa shape index (κ1) is 10.5. The van der Waals surface area contributed by atoms with Crippen molar-refractivity contribution >= 4 is 33.5 Å². The van der Waals surface area contributed by atoms with E-state index >= 15 is 0 Å². The van der Waals surface area contributed by atoms with Crippen molar-refractivity contribution in [2.24, 2.45) is 0 Å². The van der Waals surface area contributed by atoms with Gasteiger partial charge in [0.1, 0.15) is 4.60 Å². The summed E-state index contributed by atoms with van der Waals surface area (Å²) < 4.78 is 5.05. The van der Waals surface area contributed by atoms with Gasteiger partial charge in [-0.1, -0.05) is 11.6 Å². The lowest BCUT2D eigenvalue weighted by Gasteiger charge is -2.02. The molecule has 0 radical (unpaired) electrons. The summed E-state index contributed by atoms with van der Waals surface area (Å²) >= 11 is 9.04. The summed E-state index contributed by atoms with van der Waals surface area (Å²) in [6.07, 6.45) is 1.74. The molecule has 0 atom stereocenters. The third-order valence-corrected chi connectivity index (χ3v) is 2.74. The first-order valence-electron chi connectivity index (χ1n) is 3.51. The molecule has 0 aromatic carbocycles. The summed E-state index contributed by atoms with van der Waals surface area (Å²) in [7, 11) is 1.34. The van der Waals surface area contributed by atoms with Crippen LogP contribution < -0.4 is 0 Å². The summed E-state index contributed by atoms with van der Waals surface area (Å²) in [5, 5.41) is 0.452. The molecule has 1 heterocycles. The second kappa shape index (κ2) is 4.58. The highest BCUT2D eigenvalue weighted by atomic mass is 79.9. The average molecular weight is 265 g/mol. The van der Waals surface area contributed by atoms with E-state index in [1.54, 1.807) is 12.3 Å². The summed E-state index contributed by atoms with van der Waals surface area (Å²) in [4.78, 5) is 14.8. The van der Waals surface area contributed by atoms with Crippen molar-refractivity contribution in [1.29, 1.82) is 0 Å². The predicted octanol–water partition coefficient (Wildman–Crippen LogP) is 2.21. The molecule has 1 aromatic heterocycles. The van der Waals surface area contributed by atoms with Gasteiger partial charge in [0.15, 0.2) is 0 Å². The van der Waals surface area contributed by atoms with Crippen molar-refractivity contribution in [3.05, 3.63) is 27.5 Å². The zero-order valence-corrected chi connectivity index (χ0v) is 9.22. The van der Waals surface area contributed by atoms with Crippen LogP contribution in [0.1, 0.15) is 5.56 Å². The van der Waals surface area contributed by atoms with Crippen molar-refractivity contribution in [3.63, 3.8) is 0 Å². The molecule has 13 heavy (non-hydrogen) atoms. The van der Waals surface area contributed by atoms with Crippen LogP contribution in [-0.4, -0.2) is 18.1 Å². The van der Waals surface area contributed by atoms with Crippen LogP contribution in [0.2, 0.25) is 5.02 Å². The van der Waals surface area contributed by atoms with Crippen LogP contribution in [0.5, 0.6) is 0 Å². The standard InChI is InChI=1S/C8H7BrClNO2/c1-13-6(12)4-5-2-3-11-8(9)7(5)10/h2-3H,4H2,1H3. The quantitative estimate of drug-likeness (QED) is 0.607. The number of methoxy groups -OCH3 is 1. The first-order valence-corrected chi connectivity index (χ1v) is 4.68. The molecule has 70 valence electrons. The largest absolute Gasteiger partial charge is 0.469 e. The van der Waals surface area contributed by atoms with E-state index < -0.39 is 0 Å². The molecule has 0 bridgehead atoms. The molecule has 0 amide bonds. The average Bonchev–Trinajstić information content (AvgIpc) is 2.13. The minimum Gasteiger partial charge on any atom is -0.469 e. The highest BCUT2D eigenvalue weighted by molar-refractivity contribution is 9.10. The summed E-state index contributed by atoms with van der Waals surface area (Å²) in [5.74, 6) is -0.319. The molecule has 0 aliphatic heterocycles. The number of carbonyl (C=O) groups is 1. The van der Waals surface area contributed by atoms with E-state index in [1.165, 1.54) is 7.11 Å². The van der Waals surface area contributed by atoms with Crippen LogP contribution in [0.25, 0.3) is 0 Å². The van der Waals surface area contributed by atoms with Gasteiger partial charge in [-0.15, -0.1) is 0 Å². The van der Waals surface area contributed by atoms with Crippen LogP contribution in [0.15, 0.2) is 16.9 Å². The molecule has 0 saturated heterocycles. The van der Waals surface area contributed by atoms with E-state index in [-0.39, 0.29) is 12.4 Å². The summed E-state index contributed by atoms with van der Waals surface area (Å²) in [6, 6.07) is 1.68. The number of halogens is 2. The molecule has 0 aliphatic carbocycles. The number of carbonyl (C=O) groups excluding carboxylic acids is 1. The molecule has 0 aliphatic rings. The highest BCUT2D eigenvalue weighted by Crippen LogP contribution is 2.23. The molecule has 0 fully saturated rings. The lowest BCUT2D eigenvalue weighted by atomic mass is 10.2. The van der Waals surface area contributed by atoms with E-state index in [9.17, 15) is 4.79 Å². The predicted molar refractivity (Wildman–Crippen MR) is 52.7 cm³/mol. The summed E-state index contributed by atoms with van der Waals surface area (Å²) in [6.45, 7) is 0. The van der Waals surface area contributed by atoms with E-state index in [2.05, 4.69) is 25.7 Å². The van der Waals surface area contributed by atoms with Gasteiger partial charge in [0.05, 0.1) is 18.6 Å². The van der Waals surface area contributed by atoms with E-state index in [4.69, 9.17) is 11.6 Å². The lowest BCUT2D eigenvalue weighted by molar-refractivity contribution is -0.139. The number of pyridine rings is 1.